The predicted molar refractivity (Wildman–Crippen MR) is 170 cm³/mol. The quantitative estimate of drug-likeness (QED) is 0.136. The smallest absolute Gasteiger partial charge is 0.303 e. The summed E-state index contributed by atoms with van der Waals surface area (Å²) in [6.07, 6.45) is 1.41. The van der Waals surface area contributed by atoms with Gasteiger partial charge in [-0.3, -0.25) is 4.79 Å². The summed E-state index contributed by atoms with van der Waals surface area (Å²) in [6.45, 7) is 3.22. The Bertz CT molecular complexity index is 1910. The third-order valence-corrected chi connectivity index (χ3v) is 7.65. The number of fused-ring (bicyclic) bond motifs is 3. The molecule has 0 radical (unpaired) electrons. The number of oxazole rings is 1. The molecule has 0 aliphatic heterocycles. The number of aryl methyl sites for hydroxylation is 1. The third-order valence-electron chi connectivity index (χ3n) is 7.65. The lowest BCUT2D eigenvalue weighted by Crippen LogP contribution is -2.03. The fourth-order valence-electron chi connectivity index (χ4n) is 5.44. The number of unbranched alkanes of at least 4 members (excludes halogenated alkanes) is 1. The number of nitrogens with zero attached hydrogens (tertiary/aromatic N) is 2. The van der Waals surface area contributed by atoms with E-state index < -0.39 is 5.97 Å². The lowest BCUT2D eigenvalue weighted by Gasteiger charge is -2.13. The van der Waals surface area contributed by atoms with Crippen molar-refractivity contribution in [1.82, 2.24) is 9.55 Å². The van der Waals surface area contributed by atoms with Gasteiger partial charge in [0, 0.05) is 34.8 Å². The molecule has 224 valence electrons. The maximum absolute atomic E-state index is 10.9. The van der Waals surface area contributed by atoms with Gasteiger partial charge in [0.05, 0.1) is 19.2 Å². The zero-order chi connectivity index (χ0) is 30.5. The third kappa shape index (κ3) is 6.10. The first-order chi connectivity index (χ1) is 21.5. The first-order valence-electron chi connectivity index (χ1n) is 14.7. The number of aromatic nitrogens is 2. The molecule has 0 saturated heterocycles. The van der Waals surface area contributed by atoms with Gasteiger partial charge in [-0.05, 0) is 67.8 Å². The van der Waals surface area contributed by atoms with Crippen LogP contribution >= 0.6 is 0 Å². The van der Waals surface area contributed by atoms with Crippen LogP contribution in [0.25, 0.3) is 33.3 Å². The second-order valence-corrected chi connectivity index (χ2v) is 10.6. The molecular weight excluding hydrogens is 556 g/mol. The molecule has 2 heterocycles. The van der Waals surface area contributed by atoms with E-state index in [9.17, 15) is 4.79 Å². The summed E-state index contributed by atoms with van der Waals surface area (Å²) in [5.74, 6) is 2.57. The Balaban J connectivity index is 1.22. The number of para-hydroxylation sites is 1. The van der Waals surface area contributed by atoms with Gasteiger partial charge in [-0.15, -0.1) is 0 Å². The van der Waals surface area contributed by atoms with E-state index in [1.807, 2.05) is 79.7 Å². The molecule has 44 heavy (non-hydrogen) atoms. The maximum Gasteiger partial charge on any atom is 0.303 e. The van der Waals surface area contributed by atoms with Crippen molar-refractivity contribution in [2.24, 2.45) is 0 Å². The van der Waals surface area contributed by atoms with Crippen LogP contribution in [0, 0.1) is 6.92 Å². The van der Waals surface area contributed by atoms with E-state index >= 15 is 0 Å². The van der Waals surface area contributed by atoms with Crippen LogP contribution in [0.1, 0.15) is 36.3 Å². The molecule has 0 aliphatic rings. The highest BCUT2D eigenvalue weighted by Crippen LogP contribution is 2.37. The first kappa shape index (κ1) is 28.9. The Morgan fingerprint density at radius 1 is 0.864 bits per heavy atom. The minimum absolute atomic E-state index is 0.148. The standard InChI is InChI=1S/C36H34N2O6/c1-24-28(37-36(44-24)26-11-4-3-5-12-26)23-43-31-19-18-25(21-33(31)41-2)22-38-29-14-7-6-13-27(29)35-30(38)15-10-16-32(35)42-20-9-8-17-34(39)40/h3-7,10-16,18-19,21H,8-9,17,20,22-23H2,1-2H3,(H,39,40). The van der Waals surface area contributed by atoms with Gasteiger partial charge in [0.15, 0.2) is 11.5 Å². The average molecular weight is 591 g/mol. The van der Waals surface area contributed by atoms with E-state index in [1.165, 1.54) is 0 Å². The van der Waals surface area contributed by atoms with Crippen molar-refractivity contribution in [2.45, 2.75) is 39.3 Å². The van der Waals surface area contributed by atoms with Crippen molar-refractivity contribution in [3.8, 4) is 28.7 Å². The Morgan fingerprint density at radius 3 is 2.48 bits per heavy atom. The molecule has 6 aromatic rings. The van der Waals surface area contributed by atoms with Gasteiger partial charge in [-0.25, -0.2) is 4.98 Å². The zero-order valence-corrected chi connectivity index (χ0v) is 24.8. The van der Waals surface area contributed by atoms with Crippen LogP contribution in [0.3, 0.4) is 0 Å². The number of hydrogen-bond acceptors (Lipinski definition) is 6. The number of carboxylic acids is 1. The normalized spacial score (nSPS) is 11.2. The van der Waals surface area contributed by atoms with Gasteiger partial charge < -0.3 is 28.3 Å². The molecule has 2 aromatic heterocycles. The highest BCUT2D eigenvalue weighted by atomic mass is 16.5. The summed E-state index contributed by atoms with van der Waals surface area (Å²) in [6, 6.07) is 30.2. The minimum Gasteiger partial charge on any atom is -0.493 e. The van der Waals surface area contributed by atoms with Gasteiger partial charge in [0.1, 0.15) is 23.8 Å². The molecule has 8 heteroatoms. The van der Waals surface area contributed by atoms with Gasteiger partial charge in [-0.1, -0.05) is 48.5 Å². The summed E-state index contributed by atoms with van der Waals surface area (Å²) in [7, 11) is 1.64. The summed E-state index contributed by atoms with van der Waals surface area (Å²) in [5, 5.41) is 11.1. The number of benzene rings is 4. The van der Waals surface area contributed by atoms with Gasteiger partial charge in [-0.2, -0.15) is 0 Å². The Kier molecular flexibility index (Phi) is 8.50. The van der Waals surface area contributed by atoms with Crippen molar-refractivity contribution < 1.29 is 28.5 Å². The van der Waals surface area contributed by atoms with E-state index in [1.54, 1.807) is 7.11 Å². The van der Waals surface area contributed by atoms with Crippen LogP contribution in [0.2, 0.25) is 0 Å². The Morgan fingerprint density at radius 2 is 1.66 bits per heavy atom. The van der Waals surface area contributed by atoms with Crippen LogP contribution in [0.4, 0.5) is 0 Å². The fourth-order valence-corrected chi connectivity index (χ4v) is 5.44. The van der Waals surface area contributed by atoms with E-state index in [4.69, 9.17) is 23.7 Å². The summed E-state index contributed by atoms with van der Waals surface area (Å²) >= 11 is 0. The van der Waals surface area contributed by atoms with Crippen LogP contribution in [-0.2, 0) is 17.9 Å². The van der Waals surface area contributed by atoms with Crippen molar-refractivity contribution in [3.63, 3.8) is 0 Å². The highest BCUT2D eigenvalue weighted by molar-refractivity contribution is 6.11. The van der Waals surface area contributed by atoms with Crippen molar-refractivity contribution in [3.05, 3.63) is 108 Å². The molecule has 0 unspecified atom stereocenters. The topological polar surface area (TPSA) is 96.0 Å². The van der Waals surface area contributed by atoms with Gasteiger partial charge >= 0.3 is 5.97 Å². The maximum atomic E-state index is 10.9. The molecule has 6 rings (SSSR count). The van der Waals surface area contributed by atoms with Crippen LogP contribution in [0.5, 0.6) is 17.2 Å². The molecule has 1 N–H and O–H groups in total. The number of rotatable bonds is 13. The van der Waals surface area contributed by atoms with Crippen molar-refractivity contribution >= 4 is 27.8 Å². The highest BCUT2D eigenvalue weighted by Gasteiger charge is 2.17. The van der Waals surface area contributed by atoms with E-state index in [0.717, 1.165) is 50.1 Å². The summed E-state index contributed by atoms with van der Waals surface area (Å²) in [4.78, 5) is 15.5. The Labute approximate surface area is 255 Å². The summed E-state index contributed by atoms with van der Waals surface area (Å²) < 4.78 is 26.2. The molecule has 0 spiro atoms. The largest absolute Gasteiger partial charge is 0.493 e. The first-order valence-corrected chi connectivity index (χ1v) is 14.7. The van der Waals surface area contributed by atoms with Gasteiger partial charge in [0.25, 0.3) is 0 Å². The predicted octanol–water partition coefficient (Wildman–Crippen LogP) is 8.03. The molecule has 0 fully saturated rings. The molecule has 0 amide bonds. The number of carboxylic acid groups (broad SMARTS) is 1. The minimum atomic E-state index is -0.783. The molecular formula is C36H34N2O6. The van der Waals surface area contributed by atoms with Crippen LogP contribution < -0.4 is 14.2 Å². The Hall–Kier alpha value is -5.24. The van der Waals surface area contributed by atoms with Crippen LogP contribution in [-0.4, -0.2) is 34.3 Å². The van der Waals surface area contributed by atoms with Crippen molar-refractivity contribution in [2.75, 3.05) is 13.7 Å². The molecule has 0 atom stereocenters. The second kappa shape index (κ2) is 13.0. The zero-order valence-electron chi connectivity index (χ0n) is 24.8. The van der Waals surface area contributed by atoms with E-state index in [2.05, 4.69) is 27.8 Å². The average Bonchev–Trinajstić information content (AvgIpc) is 3.58. The number of methoxy groups -OCH3 is 1. The number of hydrogen-bond donors (Lipinski definition) is 1. The van der Waals surface area contributed by atoms with Crippen molar-refractivity contribution in [1.29, 1.82) is 0 Å². The van der Waals surface area contributed by atoms with E-state index in [-0.39, 0.29) is 13.0 Å². The molecule has 0 saturated carbocycles. The summed E-state index contributed by atoms with van der Waals surface area (Å²) in [5.41, 5.74) is 4.87. The SMILES string of the molecule is COc1cc(Cn2c3ccccc3c3c(OCCCCC(=O)O)cccc32)ccc1OCc1nc(-c2ccccc2)oc1C. The number of carbonyl (C=O) groups is 1. The number of aliphatic carboxylic acids is 1. The second-order valence-electron chi connectivity index (χ2n) is 10.6. The molecule has 0 aliphatic carbocycles. The molecule has 0 bridgehead atoms. The fraction of sp³-hybridized carbons (Fsp3) is 0.222. The lowest BCUT2D eigenvalue weighted by molar-refractivity contribution is -0.137. The number of ether oxygens (including phenoxy) is 3. The lowest BCUT2D eigenvalue weighted by atomic mass is 10.1. The molecule has 4 aromatic carbocycles. The van der Waals surface area contributed by atoms with Crippen LogP contribution in [0.15, 0.2) is 95.4 Å². The van der Waals surface area contributed by atoms with Gasteiger partial charge in [0.2, 0.25) is 5.89 Å². The van der Waals surface area contributed by atoms with E-state index in [0.29, 0.717) is 43.4 Å². The monoisotopic (exact) mass is 590 g/mol. The molecule has 8 nitrogen and oxygen atoms in total.